The van der Waals surface area contributed by atoms with Gasteiger partial charge in [-0.3, -0.25) is 0 Å². The number of oxime groups is 1. The first-order valence-electron chi connectivity index (χ1n) is 7.03. The van der Waals surface area contributed by atoms with Gasteiger partial charge < -0.3 is 20.6 Å². The number of nitrogens with two attached hydrogens (primary N) is 1. The molecule has 0 saturated carbocycles. The van der Waals surface area contributed by atoms with Gasteiger partial charge in [-0.15, -0.1) is 0 Å². The fraction of sp³-hybridized carbons (Fsp3) is 0.533. The third kappa shape index (κ3) is 3.42. The molecular formula is C15H23N3O2. The van der Waals surface area contributed by atoms with Crippen LogP contribution >= 0.6 is 0 Å². The van der Waals surface area contributed by atoms with E-state index in [1.54, 1.807) is 0 Å². The van der Waals surface area contributed by atoms with E-state index in [9.17, 15) is 0 Å². The molecule has 1 aromatic carbocycles. The van der Waals surface area contributed by atoms with Gasteiger partial charge in [-0.25, -0.2) is 0 Å². The summed E-state index contributed by atoms with van der Waals surface area (Å²) in [6, 6.07) is 6.11. The predicted octanol–water partition coefficient (Wildman–Crippen LogP) is 1.95. The lowest BCUT2D eigenvalue weighted by Gasteiger charge is -2.32. The Kier molecular flexibility index (Phi) is 4.84. The SMILES string of the molecule is Cc1ccc(C(N)=NO)c(OCC2CCCCN2C)c1. The number of likely N-dealkylation sites (tertiary alicyclic amines) is 1. The Labute approximate surface area is 120 Å². The highest BCUT2D eigenvalue weighted by molar-refractivity contribution is 5.99. The summed E-state index contributed by atoms with van der Waals surface area (Å²) in [4.78, 5) is 2.34. The molecule has 1 heterocycles. The zero-order chi connectivity index (χ0) is 14.5. The molecule has 5 nitrogen and oxygen atoms in total. The van der Waals surface area contributed by atoms with Crippen LogP contribution < -0.4 is 10.5 Å². The van der Waals surface area contributed by atoms with Crippen LogP contribution in [0.4, 0.5) is 0 Å². The van der Waals surface area contributed by atoms with E-state index >= 15 is 0 Å². The van der Waals surface area contributed by atoms with E-state index in [4.69, 9.17) is 15.7 Å². The minimum absolute atomic E-state index is 0.0806. The average molecular weight is 277 g/mol. The van der Waals surface area contributed by atoms with Crippen molar-refractivity contribution in [3.05, 3.63) is 29.3 Å². The molecule has 1 unspecified atom stereocenters. The van der Waals surface area contributed by atoms with Gasteiger partial charge in [0.2, 0.25) is 0 Å². The van der Waals surface area contributed by atoms with E-state index < -0.39 is 0 Å². The number of hydrogen-bond acceptors (Lipinski definition) is 4. The summed E-state index contributed by atoms with van der Waals surface area (Å²) in [5, 5.41) is 11.9. The zero-order valence-electron chi connectivity index (χ0n) is 12.2. The van der Waals surface area contributed by atoms with Crippen molar-refractivity contribution in [3.8, 4) is 5.75 Å². The van der Waals surface area contributed by atoms with Crippen LogP contribution in [0.2, 0.25) is 0 Å². The zero-order valence-corrected chi connectivity index (χ0v) is 12.2. The van der Waals surface area contributed by atoms with Crippen molar-refractivity contribution in [1.29, 1.82) is 0 Å². The number of rotatable bonds is 4. The van der Waals surface area contributed by atoms with Gasteiger partial charge in [0, 0.05) is 6.04 Å². The Hall–Kier alpha value is -1.75. The molecule has 20 heavy (non-hydrogen) atoms. The highest BCUT2D eigenvalue weighted by Crippen LogP contribution is 2.22. The fourth-order valence-corrected chi connectivity index (χ4v) is 2.56. The quantitative estimate of drug-likeness (QED) is 0.382. The molecule has 1 fully saturated rings. The molecule has 1 aliphatic rings. The first-order chi connectivity index (χ1) is 9.61. The van der Waals surface area contributed by atoms with Crippen LogP contribution in [-0.2, 0) is 0 Å². The summed E-state index contributed by atoms with van der Waals surface area (Å²) < 4.78 is 5.94. The topological polar surface area (TPSA) is 71.1 Å². The van der Waals surface area contributed by atoms with Gasteiger partial charge in [-0.05, 0) is 51.1 Å². The van der Waals surface area contributed by atoms with Gasteiger partial charge in [0.25, 0.3) is 0 Å². The van der Waals surface area contributed by atoms with Crippen molar-refractivity contribution in [2.24, 2.45) is 10.9 Å². The maximum absolute atomic E-state index is 8.84. The monoisotopic (exact) mass is 277 g/mol. The maximum Gasteiger partial charge on any atom is 0.173 e. The van der Waals surface area contributed by atoms with Crippen molar-refractivity contribution < 1.29 is 9.94 Å². The standard InChI is InChI=1S/C15H23N3O2/c1-11-6-7-13(15(16)17-19)14(9-11)20-10-12-5-3-4-8-18(12)2/h6-7,9,12,19H,3-5,8,10H2,1-2H3,(H2,16,17). The van der Waals surface area contributed by atoms with Gasteiger partial charge in [0.15, 0.2) is 5.84 Å². The molecule has 1 aromatic rings. The van der Waals surface area contributed by atoms with Gasteiger partial charge in [0.1, 0.15) is 12.4 Å². The summed E-state index contributed by atoms with van der Waals surface area (Å²) in [7, 11) is 2.13. The molecule has 5 heteroatoms. The number of piperidine rings is 1. The van der Waals surface area contributed by atoms with Gasteiger partial charge in [0.05, 0.1) is 5.56 Å². The molecule has 3 N–H and O–H groups in total. The molecule has 0 amide bonds. The second kappa shape index (κ2) is 6.61. The Morgan fingerprint density at radius 3 is 3.00 bits per heavy atom. The number of aryl methyl sites for hydroxylation is 1. The van der Waals surface area contributed by atoms with E-state index in [-0.39, 0.29) is 5.84 Å². The number of likely N-dealkylation sites (N-methyl/N-ethyl adjacent to an activating group) is 1. The number of ether oxygens (including phenoxy) is 1. The fourth-order valence-electron chi connectivity index (χ4n) is 2.56. The smallest absolute Gasteiger partial charge is 0.173 e. The molecule has 1 aliphatic heterocycles. The minimum atomic E-state index is 0.0806. The van der Waals surface area contributed by atoms with E-state index in [2.05, 4.69) is 17.1 Å². The van der Waals surface area contributed by atoms with Crippen molar-refractivity contribution in [1.82, 2.24) is 4.90 Å². The molecule has 2 rings (SSSR count). The van der Waals surface area contributed by atoms with Crippen molar-refractivity contribution in [2.45, 2.75) is 32.2 Å². The van der Waals surface area contributed by atoms with Crippen LogP contribution in [-0.4, -0.2) is 42.2 Å². The first-order valence-corrected chi connectivity index (χ1v) is 7.03. The summed E-state index contributed by atoms with van der Waals surface area (Å²) in [5.74, 6) is 0.760. The summed E-state index contributed by atoms with van der Waals surface area (Å²) in [6.07, 6.45) is 3.66. The van der Waals surface area contributed by atoms with Crippen LogP contribution in [0.1, 0.15) is 30.4 Å². The molecule has 110 valence electrons. The lowest BCUT2D eigenvalue weighted by Crippen LogP contribution is -2.40. The van der Waals surface area contributed by atoms with Crippen LogP contribution in [0.25, 0.3) is 0 Å². The number of benzene rings is 1. The number of hydrogen-bond donors (Lipinski definition) is 2. The number of nitrogens with zero attached hydrogens (tertiary/aromatic N) is 2. The second-order valence-electron chi connectivity index (χ2n) is 5.43. The van der Waals surface area contributed by atoms with E-state index in [1.807, 2.05) is 25.1 Å². The highest BCUT2D eigenvalue weighted by atomic mass is 16.5. The van der Waals surface area contributed by atoms with Gasteiger partial charge in [-0.1, -0.05) is 17.6 Å². The molecule has 0 aliphatic carbocycles. The van der Waals surface area contributed by atoms with Crippen LogP contribution in [0.3, 0.4) is 0 Å². The van der Waals surface area contributed by atoms with E-state index in [1.165, 1.54) is 12.8 Å². The number of amidine groups is 1. The highest BCUT2D eigenvalue weighted by Gasteiger charge is 2.20. The first kappa shape index (κ1) is 14.7. The van der Waals surface area contributed by atoms with E-state index in [0.29, 0.717) is 24.0 Å². The molecular weight excluding hydrogens is 254 g/mol. The van der Waals surface area contributed by atoms with Gasteiger partial charge >= 0.3 is 0 Å². The largest absolute Gasteiger partial charge is 0.491 e. The third-order valence-electron chi connectivity index (χ3n) is 3.87. The molecule has 0 radical (unpaired) electrons. The molecule has 0 bridgehead atoms. The Morgan fingerprint density at radius 1 is 1.50 bits per heavy atom. The summed E-state index contributed by atoms with van der Waals surface area (Å²) >= 11 is 0. The van der Waals surface area contributed by atoms with E-state index in [0.717, 1.165) is 18.5 Å². The van der Waals surface area contributed by atoms with Crippen LogP contribution in [0.5, 0.6) is 5.75 Å². The minimum Gasteiger partial charge on any atom is -0.491 e. The average Bonchev–Trinajstić information content (AvgIpc) is 2.46. The van der Waals surface area contributed by atoms with Crippen molar-refractivity contribution in [3.63, 3.8) is 0 Å². The second-order valence-corrected chi connectivity index (χ2v) is 5.43. The third-order valence-corrected chi connectivity index (χ3v) is 3.87. The van der Waals surface area contributed by atoms with Gasteiger partial charge in [-0.2, -0.15) is 0 Å². The molecule has 0 aromatic heterocycles. The lowest BCUT2D eigenvalue weighted by molar-refractivity contribution is 0.125. The Morgan fingerprint density at radius 2 is 2.30 bits per heavy atom. The van der Waals surface area contributed by atoms with Crippen LogP contribution in [0, 0.1) is 6.92 Å². The Bertz CT molecular complexity index is 488. The molecule has 0 spiro atoms. The molecule has 1 atom stereocenters. The summed E-state index contributed by atoms with van der Waals surface area (Å²) in [5.41, 5.74) is 7.42. The Balaban J connectivity index is 2.10. The normalized spacial score (nSPS) is 20.9. The summed E-state index contributed by atoms with van der Waals surface area (Å²) in [6.45, 7) is 3.75. The van der Waals surface area contributed by atoms with Crippen molar-refractivity contribution >= 4 is 5.84 Å². The predicted molar refractivity (Wildman–Crippen MR) is 79.5 cm³/mol. The van der Waals surface area contributed by atoms with Crippen LogP contribution in [0.15, 0.2) is 23.4 Å². The molecule has 1 saturated heterocycles. The van der Waals surface area contributed by atoms with Crippen molar-refractivity contribution in [2.75, 3.05) is 20.2 Å². The lowest BCUT2D eigenvalue weighted by atomic mass is 10.0. The maximum atomic E-state index is 8.84.